The highest BCUT2D eigenvalue weighted by molar-refractivity contribution is 5.15. The van der Waals surface area contributed by atoms with Gasteiger partial charge in [-0.15, -0.1) is 0 Å². The van der Waals surface area contributed by atoms with Crippen LogP contribution in [-0.4, -0.2) is 85.8 Å². The van der Waals surface area contributed by atoms with Crippen LogP contribution in [-0.2, 0) is 9.47 Å². The third-order valence-corrected chi connectivity index (χ3v) is 4.42. The molecule has 0 radical (unpaired) electrons. The lowest BCUT2D eigenvalue weighted by Crippen LogP contribution is -2.74. The SMILES string of the molecule is OCCOCCOCCCCC(F)(F)C(F)(F)C(F)(F)C(F)(F)C(F)(F)C(F)(F)C(F)(F)C(F)(F)F. The van der Waals surface area contributed by atoms with E-state index in [9.17, 15) is 74.6 Å². The highest BCUT2D eigenvalue weighted by Gasteiger charge is 2.95. The molecule has 1 N–H and O–H groups in total. The number of ether oxygens (including phenoxy) is 2. The fourth-order valence-electron chi connectivity index (χ4n) is 2.29. The van der Waals surface area contributed by atoms with Crippen molar-refractivity contribution in [3.05, 3.63) is 0 Å². The molecular weight excluding hydrogens is 563 g/mol. The summed E-state index contributed by atoms with van der Waals surface area (Å²) < 4.78 is 232. The first-order chi connectivity index (χ1) is 15.8. The maximum Gasteiger partial charge on any atom is 0.460 e. The van der Waals surface area contributed by atoms with Crippen LogP contribution in [0.2, 0.25) is 0 Å². The van der Waals surface area contributed by atoms with Gasteiger partial charge in [0.25, 0.3) is 0 Å². The van der Waals surface area contributed by atoms with Gasteiger partial charge in [0.1, 0.15) is 0 Å². The number of hydrogen-bond donors (Lipinski definition) is 1. The molecule has 0 aliphatic carbocycles. The van der Waals surface area contributed by atoms with Crippen molar-refractivity contribution in [3.63, 3.8) is 0 Å². The molecule has 0 bridgehead atoms. The smallest absolute Gasteiger partial charge is 0.394 e. The monoisotopic (exact) mass is 580 g/mol. The van der Waals surface area contributed by atoms with Crippen molar-refractivity contribution >= 4 is 0 Å². The summed E-state index contributed by atoms with van der Waals surface area (Å²) in [4.78, 5) is 0. The fourth-order valence-corrected chi connectivity index (χ4v) is 2.29. The first kappa shape index (κ1) is 34.7. The van der Waals surface area contributed by atoms with Crippen LogP contribution in [0.3, 0.4) is 0 Å². The van der Waals surface area contributed by atoms with E-state index in [1.54, 1.807) is 0 Å². The number of hydrogen-bond acceptors (Lipinski definition) is 3. The number of alkyl halides is 17. The van der Waals surface area contributed by atoms with Gasteiger partial charge in [0.05, 0.1) is 26.4 Å². The van der Waals surface area contributed by atoms with Crippen LogP contribution in [0, 0.1) is 0 Å². The van der Waals surface area contributed by atoms with Crippen LogP contribution < -0.4 is 0 Å². The average molecular weight is 580 g/mol. The Balaban J connectivity index is 5.71. The second-order valence-electron chi connectivity index (χ2n) is 7.05. The maximum atomic E-state index is 13.6. The zero-order chi connectivity index (χ0) is 29.1. The second-order valence-corrected chi connectivity index (χ2v) is 7.05. The molecule has 0 aromatic heterocycles. The second kappa shape index (κ2) is 11.2. The van der Waals surface area contributed by atoms with Crippen LogP contribution in [0.5, 0.6) is 0 Å². The molecule has 20 heteroatoms. The van der Waals surface area contributed by atoms with Crippen LogP contribution in [0.15, 0.2) is 0 Å². The quantitative estimate of drug-likeness (QED) is 0.175. The number of aliphatic hydroxyl groups is 1. The summed E-state index contributed by atoms with van der Waals surface area (Å²) in [5.74, 6) is -56.1. The summed E-state index contributed by atoms with van der Waals surface area (Å²) in [5, 5.41) is 8.38. The summed E-state index contributed by atoms with van der Waals surface area (Å²) in [6, 6.07) is 0. The molecule has 0 heterocycles. The summed E-state index contributed by atoms with van der Waals surface area (Å²) in [5.41, 5.74) is 0. The Labute approximate surface area is 190 Å². The van der Waals surface area contributed by atoms with Gasteiger partial charge < -0.3 is 14.6 Å². The van der Waals surface area contributed by atoms with Gasteiger partial charge in [0.15, 0.2) is 0 Å². The molecule has 0 rings (SSSR count). The highest BCUT2D eigenvalue weighted by Crippen LogP contribution is 2.64. The minimum absolute atomic E-state index is 0.123. The molecule has 0 aliphatic heterocycles. The number of halogens is 17. The van der Waals surface area contributed by atoms with Crippen LogP contribution >= 0.6 is 0 Å². The van der Waals surface area contributed by atoms with Gasteiger partial charge in [-0.2, -0.15) is 74.6 Å². The van der Waals surface area contributed by atoms with E-state index < -0.39 is 73.5 Å². The standard InChI is InChI=1S/C16H17F17O3/c17-9(18,3-1-2-5-35-7-8-36-6-4-34)10(19,20)11(21,22)12(23,24)13(25,26)14(27,28)15(29,30)16(31,32)33/h34H,1-8H2. The predicted molar refractivity (Wildman–Crippen MR) is 83.3 cm³/mol. The third kappa shape index (κ3) is 6.05. The van der Waals surface area contributed by atoms with Crippen molar-refractivity contribution in [1.82, 2.24) is 0 Å². The Morgan fingerprint density at radius 2 is 0.778 bits per heavy atom. The molecule has 36 heavy (non-hydrogen) atoms. The molecule has 0 aliphatic rings. The normalized spacial score (nSPS) is 15.5. The van der Waals surface area contributed by atoms with Crippen molar-refractivity contribution in [1.29, 1.82) is 0 Å². The first-order valence-corrected chi connectivity index (χ1v) is 9.29. The predicted octanol–water partition coefficient (Wildman–Crippen LogP) is 6.19. The molecular formula is C16H17F17O3. The van der Waals surface area contributed by atoms with Gasteiger partial charge in [-0.25, -0.2) is 0 Å². The molecule has 3 nitrogen and oxygen atoms in total. The number of aliphatic hydroxyl groups excluding tert-OH is 1. The Hall–Kier alpha value is -1.31. The van der Waals surface area contributed by atoms with Gasteiger partial charge in [-0.3, -0.25) is 0 Å². The molecule has 218 valence electrons. The van der Waals surface area contributed by atoms with Crippen LogP contribution in [0.25, 0.3) is 0 Å². The van der Waals surface area contributed by atoms with Crippen molar-refractivity contribution in [3.8, 4) is 0 Å². The lowest BCUT2D eigenvalue weighted by atomic mass is 9.88. The molecule has 0 aromatic rings. The lowest BCUT2D eigenvalue weighted by molar-refractivity contribution is -0.461. The van der Waals surface area contributed by atoms with Crippen LogP contribution in [0.1, 0.15) is 19.3 Å². The molecule has 0 atom stereocenters. The maximum absolute atomic E-state index is 13.6. The Bertz CT molecular complexity index is 690. The molecule has 0 amide bonds. The Morgan fingerprint density at radius 1 is 0.417 bits per heavy atom. The minimum atomic E-state index is -8.62. The topological polar surface area (TPSA) is 38.7 Å². The summed E-state index contributed by atoms with van der Waals surface area (Å²) in [6.07, 6.45) is -12.2. The van der Waals surface area contributed by atoms with Crippen molar-refractivity contribution in [2.75, 3.05) is 33.0 Å². The van der Waals surface area contributed by atoms with E-state index in [1.165, 1.54) is 0 Å². The van der Waals surface area contributed by atoms with E-state index in [-0.39, 0.29) is 26.4 Å². The molecule has 0 saturated heterocycles. The van der Waals surface area contributed by atoms with Gasteiger partial charge in [-0.1, -0.05) is 0 Å². The molecule has 0 fully saturated rings. The summed E-state index contributed by atoms with van der Waals surface area (Å²) >= 11 is 0. The molecule has 0 aromatic carbocycles. The number of unbranched alkanes of at least 4 members (excludes halogenated alkanes) is 1. The zero-order valence-corrected chi connectivity index (χ0v) is 17.3. The molecule has 0 saturated carbocycles. The highest BCUT2D eigenvalue weighted by atomic mass is 19.4. The Morgan fingerprint density at radius 3 is 1.17 bits per heavy atom. The van der Waals surface area contributed by atoms with Gasteiger partial charge in [0, 0.05) is 13.0 Å². The van der Waals surface area contributed by atoms with Crippen LogP contribution in [0.4, 0.5) is 74.6 Å². The largest absolute Gasteiger partial charge is 0.460 e. The summed E-state index contributed by atoms with van der Waals surface area (Å²) in [6.45, 7) is -1.44. The van der Waals surface area contributed by atoms with E-state index in [4.69, 9.17) is 9.84 Å². The van der Waals surface area contributed by atoms with E-state index in [1.807, 2.05) is 0 Å². The van der Waals surface area contributed by atoms with Crippen molar-refractivity contribution in [2.24, 2.45) is 0 Å². The lowest BCUT2D eigenvalue weighted by Gasteiger charge is -2.42. The Kier molecular flexibility index (Phi) is 10.8. The van der Waals surface area contributed by atoms with E-state index >= 15 is 0 Å². The average Bonchev–Trinajstić information content (AvgIpc) is 2.70. The minimum Gasteiger partial charge on any atom is -0.394 e. The van der Waals surface area contributed by atoms with Gasteiger partial charge in [0.2, 0.25) is 0 Å². The molecule has 0 spiro atoms. The van der Waals surface area contributed by atoms with Crippen molar-refractivity contribution in [2.45, 2.75) is 66.9 Å². The van der Waals surface area contributed by atoms with E-state index in [2.05, 4.69) is 4.74 Å². The number of rotatable bonds is 16. The molecule has 0 unspecified atom stereocenters. The first-order valence-electron chi connectivity index (χ1n) is 9.29. The van der Waals surface area contributed by atoms with Gasteiger partial charge >= 0.3 is 47.6 Å². The van der Waals surface area contributed by atoms with Crippen molar-refractivity contribution < 1.29 is 89.2 Å². The third-order valence-electron chi connectivity index (χ3n) is 4.42. The van der Waals surface area contributed by atoms with E-state index in [0.717, 1.165) is 0 Å². The van der Waals surface area contributed by atoms with E-state index in [0.29, 0.717) is 0 Å². The van der Waals surface area contributed by atoms with Gasteiger partial charge in [-0.05, 0) is 12.8 Å². The zero-order valence-electron chi connectivity index (χ0n) is 17.3. The fraction of sp³-hybridized carbons (Fsp3) is 1.00. The summed E-state index contributed by atoms with van der Waals surface area (Å²) in [7, 11) is 0.